The second-order valence-corrected chi connectivity index (χ2v) is 2.84. The van der Waals surface area contributed by atoms with E-state index in [1.807, 2.05) is 0 Å². The smallest absolute Gasteiger partial charge is 0.308 e. The van der Waals surface area contributed by atoms with Crippen molar-refractivity contribution >= 4 is 5.97 Å². The molecular formula is C9H12O3. The van der Waals surface area contributed by atoms with Gasteiger partial charge in [-0.25, -0.2) is 0 Å². The van der Waals surface area contributed by atoms with Crippen LogP contribution < -0.4 is 0 Å². The van der Waals surface area contributed by atoms with Gasteiger partial charge in [0, 0.05) is 6.42 Å². The Morgan fingerprint density at radius 1 is 1.67 bits per heavy atom. The molecule has 3 nitrogen and oxygen atoms in total. The zero-order valence-corrected chi connectivity index (χ0v) is 7.04. The Hall–Kier alpha value is -1.01. The molecule has 2 atom stereocenters. The fraction of sp³-hybridized carbons (Fsp3) is 0.667. The summed E-state index contributed by atoms with van der Waals surface area (Å²) in [4.78, 5) is 10.9. The van der Waals surface area contributed by atoms with Crippen molar-refractivity contribution in [2.24, 2.45) is 11.8 Å². The second-order valence-electron chi connectivity index (χ2n) is 2.84. The number of rotatable bonds is 2. The van der Waals surface area contributed by atoms with Crippen LogP contribution in [0.2, 0.25) is 0 Å². The van der Waals surface area contributed by atoms with Crippen molar-refractivity contribution in [3.63, 3.8) is 0 Å². The van der Waals surface area contributed by atoms with Crippen LogP contribution in [0.3, 0.4) is 0 Å². The molecule has 12 heavy (non-hydrogen) atoms. The summed E-state index contributed by atoms with van der Waals surface area (Å²) in [5.74, 6) is 5.63. The first-order valence-corrected chi connectivity index (χ1v) is 3.94. The van der Waals surface area contributed by atoms with E-state index >= 15 is 0 Å². The summed E-state index contributed by atoms with van der Waals surface area (Å²) in [6, 6.07) is 0. The van der Waals surface area contributed by atoms with Gasteiger partial charge in [0.25, 0.3) is 0 Å². The number of esters is 1. The molecule has 0 aromatic carbocycles. The van der Waals surface area contributed by atoms with E-state index < -0.39 is 0 Å². The molecule has 66 valence electrons. The van der Waals surface area contributed by atoms with Crippen molar-refractivity contribution in [1.29, 1.82) is 0 Å². The van der Waals surface area contributed by atoms with Crippen LogP contribution in [0.15, 0.2) is 0 Å². The molecular weight excluding hydrogens is 156 g/mol. The largest absolute Gasteiger partial charge is 0.469 e. The summed E-state index contributed by atoms with van der Waals surface area (Å²) in [6.45, 7) is -0.102. The van der Waals surface area contributed by atoms with Crippen molar-refractivity contribution in [2.45, 2.75) is 12.8 Å². The molecule has 1 aliphatic rings. The van der Waals surface area contributed by atoms with E-state index in [4.69, 9.17) is 5.11 Å². The van der Waals surface area contributed by atoms with Crippen LogP contribution in [0.5, 0.6) is 0 Å². The fourth-order valence-corrected chi connectivity index (χ4v) is 1.17. The number of hydrogen-bond acceptors (Lipinski definition) is 3. The molecule has 0 heterocycles. The summed E-state index contributed by atoms with van der Waals surface area (Å²) in [5, 5.41) is 8.36. The number of carbonyl (C=O) groups is 1. The molecule has 0 aromatic rings. The third kappa shape index (κ3) is 2.24. The third-order valence-corrected chi connectivity index (χ3v) is 1.99. The van der Waals surface area contributed by atoms with E-state index in [0.717, 1.165) is 6.42 Å². The Balaban J connectivity index is 2.20. The van der Waals surface area contributed by atoms with Crippen LogP contribution in [0.4, 0.5) is 0 Å². The summed E-state index contributed by atoms with van der Waals surface area (Å²) < 4.78 is 4.57. The summed E-state index contributed by atoms with van der Waals surface area (Å²) in [6.07, 6.45) is 1.58. The van der Waals surface area contributed by atoms with Gasteiger partial charge in [-0.1, -0.05) is 5.92 Å². The molecule has 0 aliphatic heterocycles. The molecule has 0 amide bonds. The van der Waals surface area contributed by atoms with Crippen LogP contribution in [0.1, 0.15) is 12.8 Å². The van der Waals surface area contributed by atoms with Crippen molar-refractivity contribution in [3.05, 3.63) is 0 Å². The van der Waals surface area contributed by atoms with Gasteiger partial charge < -0.3 is 9.84 Å². The summed E-state index contributed by atoms with van der Waals surface area (Å²) in [5.41, 5.74) is 0. The van der Waals surface area contributed by atoms with E-state index in [2.05, 4.69) is 16.6 Å². The normalized spacial score (nSPS) is 25.5. The zero-order valence-electron chi connectivity index (χ0n) is 7.04. The highest BCUT2D eigenvalue weighted by Crippen LogP contribution is 2.41. The number of ether oxygens (including phenoxy) is 1. The zero-order chi connectivity index (χ0) is 8.97. The Kier molecular flexibility index (Phi) is 3.12. The summed E-state index contributed by atoms with van der Waals surface area (Å²) in [7, 11) is 1.40. The topological polar surface area (TPSA) is 46.5 Å². The third-order valence-electron chi connectivity index (χ3n) is 1.99. The molecule has 2 unspecified atom stereocenters. The minimum atomic E-state index is -0.134. The summed E-state index contributed by atoms with van der Waals surface area (Å²) >= 11 is 0. The van der Waals surface area contributed by atoms with E-state index in [-0.39, 0.29) is 18.5 Å². The average Bonchev–Trinajstić information content (AvgIpc) is 2.83. The first kappa shape index (κ1) is 9.08. The second kappa shape index (κ2) is 4.13. The van der Waals surface area contributed by atoms with E-state index in [1.54, 1.807) is 0 Å². The predicted octanol–water partition coefficient (Wildman–Crippen LogP) is 0.181. The molecule has 1 fully saturated rings. The van der Waals surface area contributed by atoms with Crippen LogP contribution in [-0.2, 0) is 9.53 Å². The number of carbonyl (C=O) groups excluding carboxylic acids is 1. The van der Waals surface area contributed by atoms with Gasteiger partial charge in [0.1, 0.15) is 6.61 Å². The van der Waals surface area contributed by atoms with Gasteiger partial charge in [-0.05, 0) is 12.3 Å². The molecule has 0 aromatic heterocycles. The lowest BCUT2D eigenvalue weighted by atomic mass is 10.2. The van der Waals surface area contributed by atoms with Gasteiger partial charge in [-0.3, -0.25) is 4.79 Å². The number of aliphatic hydroxyl groups excluding tert-OH is 1. The maximum Gasteiger partial charge on any atom is 0.308 e. The first-order chi connectivity index (χ1) is 5.79. The van der Waals surface area contributed by atoms with Gasteiger partial charge in [0.05, 0.1) is 13.0 Å². The minimum Gasteiger partial charge on any atom is -0.469 e. The molecule has 0 spiro atoms. The van der Waals surface area contributed by atoms with Gasteiger partial charge in [0.2, 0.25) is 0 Å². The highest BCUT2D eigenvalue weighted by atomic mass is 16.5. The van der Waals surface area contributed by atoms with Crippen LogP contribution >= 0.6 is 0 Å². The first-order valence-electron chi connectivity index (χ1n) is 3.94. The molecule has 3 heteroatoms. The number of hydrogen-bond donors (Lipinski definition) is 1. The maximum atomic E-state index is 10.9. The Bertz CT molecular complexity index is 224. The minimum absolute atomic E-state index is 0.0583. The Labute approximate surface area is 71.7 Å². The van der Waals surface area contributed by atoms with Gasteiger partial charge in [0.15, 0.2) is 0 Å². The van der Waals surface area contributed by atoms with Crippen molar-refractivity contribution < 1.29 is 14.6 Å². The van der Waals surface area contributed by atoms with Crippen LogP contribution in [-0.4, -0.2) is 24.8 Å². The lowest BCUT2D eigenvalue weighted by Crippen LogP contribution is -2.03. The van der Waals surface area contributed by atoms with Gasteiger partial charge in [-0.2, -0.15) is 0 Å². The molecule has 1 rings (SSSR count). The maximum absolute atomic E-state index is 10.9. The molecule has 0 bridgehead atoms. The standard InChI is InChI=1S/C9H12O3/c1-12-9(11)8-6-7(8)4-2-3-5-10/h7-8,10H,4-6H2,1H3. The van der Waals surface area contributed by atoms with Gasteiger partial charge >= 0.3 is 5.97 Å². The molecule has 1 saturated carbocycles. The molecule has 1 aliphatic carbocycles. The monoisotopic (exact) mass is 168 g/mol. The highest BCUT2D eigenvalue weighted by Gasteiger charge is 2.43. The Morgan fingerprint density at radius 3 is 3.00 bits per heavy atom. The quantitative estimate of drug-likeness (QED) is 0.472. The lowest BCUT2D eigenvalue weighted by Gasteiger charge is -1.93. The van der Waals surface area contributed by atoms with E-state index in [9.17, 15) is 4.79 Å². The average molecular weight is 168 g/mol. The lowest BCUT2D eigenvalue weighted by molar-refractivity contribution is -0.142. The van der Waals surface area contributed by atoms with Crippen molar-refractivity contribution in [2.75, 3.05) is 13.7 Å². The van der Waals surface area contributed by atoms with Crippen molar-refractivity contribution in [3.8, 4) is 11.8 Å². The molecule has 0 radical (unpaired) electrons. The van der Waals surface area contributed by atoms with Crippen molar-refractivity contribution in [1.82, 2.24) is 0 Å². The van der Waals surface area contributed by atoms with Crippen LogP contribution in [0.25, 0.3) is 0 Å². The molecule has 0 saturated heterocycles. The Morgan fingerprint density at radius 2 is 2.42 bits per heavy atom. The van der Waals surface area contributed by atoms with Gasteiger partial charge in [-0.15, -0.1) is 5.92 Å². The van der Waals surface area contributed by atoms with E-state index in [1.165, 1.54) is 7.11 Å². The van der Waals surface area contributed by atoms with E-state index in [0.29, 0.717) is 12.3 Å². The predicted molar refractivity (Wildman–Crippen MR) is 43.1 cm³/mol. The SMILES string of the molecule is COC(=O)C1CC1CC#CCO. The molecule has 1 N–H and O–H groups in total. The fourth-order valence-electron chi connectivity index (χ4n) is 1.17. The number of methoxy groups -OCH3 is 1. The highest BCUT2D eigenvalue weighted by molar-refractivity contribution is 5.75. The van der Waals surface area contributed by atoms with Crippen LogP contribution in [0, 0.1) is 23.7 Å². The number of aliphatic hydroxyl groups is 1.